The van der Waals surface area contributed by atoms with Gasteiger partial charge in [0.05, 0.1) is 47.3 Å². The minimum absolute atomic E-state index is 0.171. The lowest BCUT2D eigenvalue weighted by Crippen LogP contribution is -2.49. The molecule has 12 atom stereocenters. The van der Waals surface area contributed by atoms with Crippen molar-refractivity contribution < 1.29 is 46.1 Å². The van der Waals surface area contributed by atoms with Gasteiger partial charge in [-0.05, 0) is 222 Å². The summed E-state index contributed by atoms with van der Waals surface area (Å²) in [5.41, 5.74) is 6.47. The van der Waals surface area contributed by atoms with Crippen molar-refractivity contribution >= 4 is 66.4 Å². The van der Waals surface area contributed by atoms with Crippen LogP contribution in [0.2, 0.25) is 10.0 Å². The van der Waals surface area contributed by atoms with Gasteiger partial charge in [-0.1, -0.05) is 73.5 Å². The predicted octanol–water partition coefficient (Wildman–Crippen LogP) is 12.9. The van der Waals surface area contributed by atoms with Crippen LogP contribution in [0.5, 0.6) is 11.5 Å². The number of hydrogen-bond donors (Lipinski definition) is 4. The molecular formula is C70H90Cl2N4O10S2. The van der Waals surface area contributed by atoms with Gasteiger partial charge in [0.1, 0.15) is 11.5 Å². The van der Waals surface area contributed by atoms with Crippen LogP contribution in [0.25, 0.3) is 0 Å². The molecular weight excluding hydrogens is 1190 g/mol. The number of carbonyl (C=O) groups excluding carboxylic acids is 2. The van der Waals surface area contributed by atoms with E-state index in [2.05, 4.69) is 69.8 Å². The van der Waals surface area contributed by atoms with E-state index in [4.69, 9.17) is 32.7 Å². The molecule has 476 valence electrons. The Morgan fingerprint density at radius 3 is 1.33 bits per heavy atom. The molecule has 0 aromatic heterocycles. The van der Waals surface area contributed by atoms with Gasteiger partial charge in [0.15, 0.2) is 0 Å². The van der Waals surface area contributed by atoms with Gasteiger partial charge in [-0.25, -0.2) is 26.3 Å². The number of ether oxygens (including phenoxy) is 2. The predicted molar refractivity (Wildman–Crippen MR) is 354 cm³/mol. The summed E-state index contributed by atoms with van der Waals surface area (Å²) in [7, 11) is -7.81. The maximum atomic E-state index is 13.4. The third-order valence-electron chi connectivity index (χ3n) is 20.4. The average molecular weight is 1280 g/mol. The fourth-order valence-electron chi connectivity index (χ4n) is 14.5. The molecule has 88 heavy (non-hydrogen) atoms. The summed E-state index contributed by atoms with van der Waals surface area (Å²) in [5, 5.41) is 21.6. The second kappa shape index (κ2) is 28.3. The molecule has 0 unspecified atom stereocenters. The molecule has 2 aliphatic heterocycles. The van der Waals surface area contributed by atoms with Crippen molar-refractivity contribution in [3.63, 3.8) is 0 Å². The van der Waals surface area contributed by atoms with Crippen molar-refractivity contribution in [3.8, 4) is 11.5 Å². The number of anilines is 2. The Morgan fingerprint density at radius 2 is 0.977 bits per heavy atom. The molecule has 18 heteroatoms. The van der Waals surface area contributed by atoms with Crippen molar-refractivity contribution in [1.29, 1.82) is 0 Å². The average Bonchev–Trinajstić information content (AvgIpc) is 1.60. The second-order valence-corrected chi connectivity index (χ2v) is 31.1. The van der Waals surface area contributed by atoms with Crippen molar-refractivity contribution in [2.45, 2.75) is 151 Å². The van der Waals surface area contributed by atoms with Gasteiger partial charge in [0.2, 0.25) is 20.0 Å². The Bertz CT molecular complexity index is 3250. The Morgan fingerprint density at radius 1 is 0.591 bits per heavy atom. The van der Waals surface area contributed by atoms with Crippen LogP contribution in [0.15, 0.2) is 123 Å². The Kier molecular flexibility index (Phi) is 21.5. The van der Waals surface area contributed by atoms with Crippen molar-refractivity contribution in [1.82, 2.24) is 9.44 Å². The lowest BCUT2D eigenvalue weighted by molar-refractivity contribution is 0.0176. The van der Waals surface area contributed by atoms with Crippen LogP contribution in [-0.2, 0) is 43.7 Å². The smallest absolute Gasteiger partial charge is 0.264 e. The molecule has 14 nitrogen and oxygen atoms in total. The number of sulfonamides is 2. The van der Waals surface area contributed by atoms with E-state index in [0.29, 0.717) is 76.6 Å². The highest BCUT2D eigenvalue weighted by molar-refractivity contribution is 7.91. The first kappa shape index (κ1) is 66.8. The molecule has 2 spiro atoms. The third-order valence-corrected chi connectivity index (χ3v) is 24.7. The fourth-order valence-corrected chi connectivity index (χ4v) is 17.5. The van der Waals surface area contributed by atoms with Crippen LogP contribution in [-0.4, -0.2) is 101 Å². The topological polar surface area (TPSA) is 192 Å². The highest BCUT2D eigenvalue weighted by atomic mass is 35.5. The van der Waals surface area contributed by atoms with E-state index >= 15 is 0 Å². The number of fused-ring (bicyclic) bond motifs is 6. The molecule has 4 aliphatic carbocycles. The van der Waals surface area contributed by atoms with E-state index in [0.717, 1.165) is 85.6 Å². The number of rotatable bonds is 22. The van der Waals surface area contributed by atoms with E-state index in [9.17, 15) is 36.6 Å². The fraction of sp³-hybridized carbons (Fsp3) is 0.514. The second-order valence-electron chi connectivity index (χ2n) is 26.1. The van der Waals surface area contributed by atoms with Crippen molar-refractivity contribution in [2.75, 3.05) is 49.2 Å². The summed E-state index contributed by atoms with van der Waals surface area (Å²) in [5.74, 6) is 0.507. The summed E-state index contributed by atoms with van der Waals surface area (Å²) in [6.07, 6.45) is 18.0. The zero-order chi connectivity index (χ0) is 63.3. The zero-order valence-corrected chi connectivity index (χ0v) is 54.8. The van der Waals surface area contributed by atoms with Gasteiger partial charge in [-0.3, -0.25) is 9.59 Å². The first-order chi connectivity index (χ1) is 41.9. The van der Waals surface area contributed by atoms with Crippen LogP contribution >= 0.6 is 23.2 Å². The van der Waals surface area contributed by atoms with Crippen LogP contribution < -0.4 is 28.7 Å². The number of nitrogens with zero attached hydrogens (tertiary/aromatic N) is 2. The van der Waals surface area contributed by atoms with E-state index in [1.165, 1.54) is 22.3 Å². The van der Waals surface area contributed by atoms with Crippen LogP contribution in [0.4, 0.5) is 11.4 Å². The first-order valence-corrected chi connectivity index (χ1v) is 35.3. The highest BCUT2D eigenvalue weighted by Gasteiger charge is 2.47. The largest absolute Gasteiger partial charge is 0.490 e. The molecule has 4 aromatic rings. The molecule has 4 aromatic carbocycles. The standard InChI is InChI=1S/2C35H45ClN2O5S/c2*1-5-8-23(3)24(4)44(41,42)37-34(40)26-12-16-33-31(19-26)38(20-27-11-14-29(27)32(39)9-6-2)21-35(22-43-33)17-7-10-25-18-28(36)13-15-30(25)35/h2*5-6,12-13,15-16,18-19,23-24,27,29,32,39H,1-2,7-11,14,17,20-22H2,3-4H3,(H,37,40)/t23-,24+,27-,29+,32-,35-;23-,24-,27-,29+,32-,35-/m00/s1. The molecule has 2 fully saturated rings. The van der Waals surface area contributed by atoms with E-state index in [1.807, 2.05) is 26.0 Å². The van der Waals surface area contributed by atoms with Crippen LogP contribution in [0, 0.1) is 35.5 Å². The number of aryl methyl sites for hydroxylation is 2. The van der Waals surface area contributed by atoms with Crippen LogP contribution in [0.3, 0.4) is 0 Å². The monoisotopic (exact) mass is 1280 g/mol. The van der Waals surface area contributed by atoms with Crippen molar-refractivity contribution in [3.05, 3.63) is 167 Å². The van der Waals surface area contributed by atoms with E-state index in [1.54, 1.807) is 74.5 Å². The summed E-state index contributed by atoms with van der Waals surface area (Å²) in [6, 6.07) is 22.6. The molecule has 0 bridgehead atoms. The number of hydrogen-bond acceptors (Lipinski definition) is 12. The zero-order valence-electron chi connectivity index (χ0n) is 51.6. The molecule has 0 saturated heterocycles. The maximum Gasteiger partial charge on any atom is 0.264 e. The quantitative estimate of drug-likeness (QED) is 0.0545. The minimum atomic E-state index is -3.91. The van der Waals surface area contributed by atoms with Crippen molar-refractivity contribution in [2.24, 2.45) is 35.5 Å². The van der Waals surface area contributed by atoms with Gasteiger partial charge in [0.25, 0.3) is 11.8 Å². The number of amides is 2. The number of carbonyl (C=O) groups is 2. The molecule has 2 heterocycles. The van der Waals surface area contributed by atoms with Gasteiger partial charge in [-0.2, -0.15) is 0 Å². The molecule has 6 aliphatic rings. The van der Waals surface area contributed by atoms with E-state index in [-0.39, 0.29) is 57.5 Å². The number of aliphatic hydroxyl groups excluding tert-OH is 2. The highest BCUT2D eigenvalue weighted by Crippen LogP contribution is 2.49. The van der Waals surface area contributed by atoms with Gasteiger partial charge < -0.3 is 29.5 Å². The first-order valence-electron chi connectivity index (χ1n) is 31.5. The summed E-state index contributed by atoms with van der Waals surface area (Å²) in [4.78, 5) is 31.4. The lowest BCUT2D eigenvalue weighted by atomic mass is 9.68. The molecule has 4 N–H and O–H groups in total. The molecule has 2 saturated carbocycles. The van der Waals surface area contributed by atoms with Gasteiger partial charge in [0, 0.05) is 58.2 Å². The number of allylic oxidation sites excluding steroid dienone is 2. The number of halogens is 2. The maximum absolute atomic E-state index is 13.4. The van der Waals surface area contributed by atoms with Gasteiger partial charge >= 0.3 is 0 Å². The lowest BCUT2D eigenvalue weighted by Gasteiger charge is -2.45. The minimum Gasteiger partial charge on any atom is -0.490 e. The third kappa shape index (κ3) is 14.6. The number of aliphatic hydroxyl groups is 2. The Hall–Kier alpha value is -5.62. The van der Waals surface area contributed by atoms with Crippen LogP contribution in [0.1, 0.15) is 148 Å². The van der Waals surface area contributed by atoms with Gasteiger partial charge in [-0.15, -0.1) is 26.3 Å². The molecule has 0 radical (unpaired) electrons. The SMILES string of the molecule is C=CC[C@H](C)[C@@H](C)S(=O)(=O)NC(=O)c1ccc2c(c1)N(C[C@@H]1CC[C@H]1[C@@H](O)CC=C)C[C@@]1(CCCc3cc(Cl)ccc31)CO2.C=CC[C@H](C)[C@H](C)S(=O)(=O)NC(=O)c1ccc2c(c1)N(C[C@@H]1CC[C@H]1[C@@H](O)CC=C)C[C@@]1(CCCc3cc(Cl)ccc31)CO2. The molecule has 10 rings (SSSR count). The van der Waals surface area contributed by atoms with E-state index < -0.39 is 54.6 Å². The number of nitrogens with one attached hydrogen (secondary N) is 2. The number of benzene rings is 4. The normalized spacial score (nSPS) is 24.9. The molecule has 2 amide bonds. The summed E-state index contributed by atoms with van der Waals surface area (Å²) < 4.78 is 70.0. The summed E-state index contributed by atoms with van der Waals surface area (Å²) in [6.45, 7) is 25.6. The Balaban J connectivity index is 0.000000209. The summed E-state index contributed by atoms with van der Waals surface area (Å²) >= 11 is 12.8. The Labute approximate surface area is 532 Å².